The van der Waals surface area contributed by atoms with Crippen molar-refractivity contribution in [3.8, 4) is 0 Å². The van der Waals surface area contributed by atoms with Crippen LogP contribution in [0.25, 0.3) is 0 Å². The van der Waals surface area contributed by atoms with Gasteiger partial charge in [0.25, 0.3) is 0 Å². The van der Waals surface area contributed by atoms with E-state index in [4.69, 9.17) is 5.11 Å². The number of amides is 2. The van der Waals surface area contributed by atoms with Gasteiger partial charge in [-0.1, -0.05) is 0 Å². The van der Waals surface area contributed by atoms with Gasteiger partial charge in [-0.2, -0.15) is 0 Å². The Morgan fingerprint density at radius 1 is 1.28 bits per heavy atom. The average molecular weight is 257 g/mol. The Morgan fingerprint density at radius 2 is 1.89 bits per heavy atom. The van der Waals surface area contributed by atoms with Crippen molar-refractivity contribution < 1.29 is 14.7 Å². The summed E-state index contributed by atoms with van der Waals surface area (Å²) < 4.78 is 0. The van der Waals surface area contributed by atoms with Gasteiger partial charge >= 0.3 is 12.0 Å². The summed E-state index contributed by atoms with van der Waals surface area (Å²) in [6.07, 6.45) is 2.81. The highest BCUT2D eigenvalue weighted by molar-refractivity contribution is 5.74. The Kier molecular flexibility index (Phi) is 5.91. The third kappa shape index (κ3) is 4.52. The Bertz CT molecular complexity index is 288. The molecule has 18 heavy (non-hydrogen) atoms. The normalized spacial score (nSPS) is 23.4. The van der Waals surface area contributed by atoms with Crippen LogP contribution < -0.4 is 10.6 Å². The van der Waals surface area contributed by atoms with Gasteiger partial charge in [-0.05, 0) is 32.7 Å². The molecule has 2 amide bonds. The first-order valence-corrected chi connectivity index (χ1v) is 6.43. The number of carboxylic acid groups (broad SMARTS) is 1. The molecule has 0 aliphatic heterocycles. The average Bonchev–Trinajstić information content (AvgIpc) is 2.36. The van der Waals surface area contributed by atoms with Gasteiger partial charge in [-0.3, -0.25) is 4.79 Å². The molecule has 1 aliphatic rings. The zero-order valence-corrected chi connectivity index (χ0v) is 11.1. The highest BCUT2D eigenvalue weighted by Crippen LogP contribution is 2.24. The molecule has 6 heteroatoms. The fourth-order valence-corrected chi connectivity index (χ4v) is 2.15. The van der Waals surface area contributed by atoms with E-state index < -0.39 is 5.97 Å². The molecule has 0 radical (unpaired) electrons. The summed E-state index contributed by atoms with van der Waals surface area (Å²) in [6, 6.07) is 0.0363. The van der Waals surface area contributed by atoms with E-state index in [1.54, 1.807) is 11.9 Å². The van der Waals surface area contributed by atoms with E-state index in [0.29, 0.717) is 19.4 Å². The van der Waals surface area contributed by atoms with E-state index in [1.807, 2.05) is 7.05 Å². The third-order valence-corrected chi connectivity index (χ3v) is 3.45. The van der Waals surface area contributed by atoms with Gasteiger partial charge in [0.05, 0.1) is 5.92 Å². The second-order valence-corrected chi connectivity index (χ2v) is 4.86. The van der Waals surface area contributed by atoms with Crippen LogP contribution in [0.3, 0.4) is 0 Å². The molecule has 0 atom stereocenters. The van der Waals surface area contributed by atoms with Crippen molar-refractivity contribution in [2.24, 2.45) is 5.92 Å². The van der Waals surface area contributed by atoms with Crippen LogP contribution in [0.1, 0.15) is 25.7 Å². The number of carbonyl (C=O) groups is 2. The predicted octanol–water partition coefficient (Wildman–Crippen LogP) is 0.491. The first-order chi connectivity index (χ1) is 8.54. The van der Waals surface area contributed by atoms with Crippen LogP contribution in [0, 0.1) is 5.92 Å². The highest BCUT2D eigenvalue weighted by atomic mass is 16.4. The monoisotopic (exact) mass is 257 g/mol. The molecule has 3 N–H and O–H groups in total. The molecule has 6 nitrogen and oxygen atoms in total. The summed E-state index contributed by atoms with van der Waals surface area (Å²) in [5.41, 5.74) is 0. The quantitative estimate of drug-likeness (QED) is 0.669. The molecule has 0 aromatic carbocycles. The molecular formula is C12H23N3O3. The lowest BCUT2D eigenvalue weighted by Crippen LogP contribution is -2.46. The van der Waals surface area contributed by atoms with Crippen molar-refractivity contribution in [2.45, 2.75) is 31.7 Å². The van der Waals surface area contributed by atoms with E-state index in [2.05, 4.69) is 10.6 Å². The van der Waals surface area contributed by atoms with Crippen LogP contribution in [-0.4, -0.2) is 55.2 Å². The van der Waals surface area contributed by atoms with Crippen molar-refractivity contribution in [1.82, 2.24) is 15.5 Å². The number of rotatable bonds is 5. The standard InChI is InChI=1S/C12H23N3O3/c1-13-7-8-15(2)12(18)14-10-5-3-9(4-6-10)11(16)17/h9-10,13H,3-8H2,1-2H3,(H,14,18)(H,16,17). The topological polar surface area (TPSA) is 81.7 Å². The molecule has 0 saturated heterocycles. The minimum Gasteiger partial charge on any atom is -0.481 e. The van der Waals surface area contributed by atoms with Crippen LogP contribution in [0.2, 0.25) is 0 Å². The summed E-state index contributed by atoms with van der Waals surface area (Å²) in [4.78, 5) is 24.2. The molecular weight excluding hydrogens is 234 g/mol. The molecule has 0 unspecified atom stereocenters. The van der Waals surface area contributed by atoms with Gasteiger partial charge in [0.1, 0.15) is 0 Å². The summed E-state index contributed by atoms with van der Waals surface area (Å²) in [7, 11) is 3.61. The summed E-state index contributed by atoms with van der Waals surface area (Å²) >= 11 is 0. The molecule has 1 rings (SSSR count). The van der Waals surface area contributed by atoms with Crippen LogP contribution in [0.4, 0.5) is 4.79 Å². The van der Waals surface area contributed by atoms with Gasteiger partial charge in [0.2, 0.25) is 0 Å². The number of carbonyl (C=O) groups excluding carboxylic acids is 1. The smallest absolute Gasteiger partial charge is 0.317 e. The molecule has 0 spiro atoms. The third-order valence-electron chi connectivity index (χ3n) is 3.45. The summed E-state index contributed by atoms with van der Waals surface area (Å²) in [6.45, 7) is 1.42. The molecule has 1 fully saturated rings. The Hall–Kier alpha value is -1.30. The van der Waals surface area contributed by atoms with Crippen molar-refractivity contribution in [3.63, 3.8) is 0 Å². The van der Waals surface area contributed by atoms with Crippen molar-refractivity contribution in [2.75, 3.05) is 27.2 Å². The number of nitrogens with zero attached hydrogens (tertiary/aromatic N) is 1. The van der Waals surface area contributed by atoms with Crippen LogP contribution in [0.5, 0.6) is 0 Å². The zero-order chi connectivity index (χ0) is 13.5. The highest BCUT2D eigenvalue weighted by Gasteiger charge is 2.27. The van der Waals surface area contributed by atoms with Crippen LogP contribution in [0.15, 0.2) is 0 Å². The molecule has 0 heterocycles. The second kappa shape index (κ2) is 7.20. The largest absolute Gasteiger partial charge is 0.481 e. The minimum absolute atomic E-state index is 0.0796. The molecule has 0 bridgehead atoms. The Morgan fingerprint density at radius 3 is 2.39 bits per heavy atom. The molecule has 104 valence electrons. The number of hydrogen-bond acceptors (Lipinski definition) is 3. The van der Waals surface area contributed by atoms with E-state index >= 15 is 0 Å². The predicted molar refractivity (Wildman–Crippen MR) is 68.5 cm³/mol. The maximum absolute atomic E-state index is 11.8. The van der Waals surface area contributed by atoms with E-state index in [0.717, 1.165) is 19.4 Å². The number of likely N-dealkylation sites (N-methyl/N-ethyl adjacent to an activating group) is 2. The zero-order valence-electron chi connectivity index (χ0n) is 11.1. The van der Waals surface area contributed by atoms with Gasteiger partial charge in [0, 0.05) is 26.2 Å². The first kappa shape index (κ1) is 14.8. The van der Waals surface area contributed by atoms with Gasteiger partial charge in [0.15, 0.2) is 0 Å². The SMILES string of the molecule is CNCCN(C)C(=O)NC1CCC(C(=O)O)CC1. The minimum atomic E-state index is -0.717. The molecule has 1 aliphatic carbocycles. The summed E-state index contributed by atoms with van der Waals surface area (Å²) in [5.74, 6) is -0.953. The van der Waals surface area contributed by atoms with Gasteiger partial charge < -0.3 is 20.6 Å². The van der Waals surface area contributed by atoms with Crippen LogP contribution >= 0.6 is 0 Å². The van der Waals surface area contributed by atoms with Crippen molar-refractivity contribution in [1.29, 1.82) is 0 Å². The van der Waals surface area contributed by atoms with Crippen molar-refractivity contribution >= 4 is 12.0 Å². The molecule has 0 aromatic heterocycles. The summed E-state index contributed by atoms with van der Waals surface area (Å²) in [5, 5.41) is 14.8. The maximum atomic E-state index is 11.8. The second-order valence-electron chi connectivity index (χ2n) is 4.86. The number of aliphatic carboxylic acids is 1. The van der Waals surface area contributed by atoms with Gasteiger partial charge in [-0.25, -0.2) is 4.79 Å². The molecule has 1 saturated carbocycles. The molecule has 0 aromatic rings. The number of nitrogens with one attached hydrogen (secondary N) is 2. The lowest BCUT2D eigenvalue weighted by Gasteiger charge is -2.28. The van der Waals surface area contributed by atoms with E-state index in [9.17, 15) is 9.59 Å². The number of carboxylic acids is 1. The van der Waals surface area contributed by atoms with E-state index in [-0.39, 0.29) is 18.0 Å². The van der Waals surface area contributed by atoms with Gasteiger partial charge in [-0.15, -0.1) is 0 Å². The first-order valence-electron chi connectivity index (χ1n) is 6.43. The Labute approximate surface area is 108 Å². The lowest BCUT2D eigenvalue weighted by atomic mass is 9.86. The fraction of sp³-hybridized carbons (Fsp3) is 0.833. The number of hydrogen-bond donors (Lipinski definition) is 3. The van der Waals surface area contributed by atoms with E-state index in [1.165, 1.54) is 0 Å². The number of urea groups is 1. The van der Waals surface area contributed by atoms with Crippen LogP contribution in [-0.2, 0) is 4.79 Å². The maximum Gasteiger partial charge on any atom is 0.317 e. The van der Waals surface area contributed by atoms with Crippen molar-refractivity contribution in [3.05, 3.63) is 0 Å². The lowest BCUT2D eigenvalue weighted by molar-refractivity contribution is -0.142. The fourth-order valence-electron chi connectivity index (χ4n) is 2.15. The Balaban J connectivity index is 2.27.